The Morgan fingerprint density at radius 3 is 2.61 bits per heavy atom. The summed E-state index contributed by atoms with van der Waals surface area (Å²) in [5.74, 6) is -0.667. The van der Waals surface area contributed by atoms with Gasteiger partial charge in [-0.3, -0.25) is 4.79 Å². The van der Waals surface area contributed by atoms with Crippen LogP contribution in [0.3, 0.4) is 0 Å². The van der Waals surface area contributed by atoms with Crippen molar-refractivity contribution >= 4 is 5.97 Å². The molecule has 1 saturated heterocycles. The van der Waals surface area contributed by atoms with Crippen LogP contribution in [0.1, 0.15) is 13.3 Å². The molecule has 1 aliphatic heterocycles. The van der Waals surface area contributed by atoms with Gasteiger partial charge in [0.1, 0.15) is 0 Å². The zero-order valence-electron chi connectivity index (χ0n) is 10.4. The smallest absolute Gasteiger partial charge is 0.415 e. The topological polar surface area (TPSA) is 49.8 Å². The number of halogens is 3. The van der Waals surface area contributed by atoms with Crippen LogP contribution in [0.4, 0.5) is 13.2 Å². The van der Waals surface area contributed by atoms with E-state index in [-0.39, 0.29) is 17.8 Å². The van der Waals surface area contributed by atoms with Crippen LogP contribution in [0.2, 0.25) is 0 Å². The predicted molar refractivity (Wildman–Crippen MR) is 57.8 cm³/mol. The lowest BCUT2D eigenvalue weighted by molar-refractivity contribution is -0.209. The second-order valence-corrected chi connectivity index (χ2v) is 4.71. The van der Waals surface area contributed by atoms with Crippen molar-refractivity contribution in [3.05, 3.63) is 0 Å². The summed E-state index contributed by atoms with van der Waals surface area (Å²) >= 11 is 0. The van der Waals surface area contributed by atoms with E-state index in [1.807, 2.05) is 0 Å². The summed E-state index contributed by atoms with van der Waals surface area (Å²) < 4.78 is 41.3. The molecule has 1 fully saturated rings. The summed E-state index contributed by atoms with van der Waals surface area (Å²) in [5, 5.41) is 8.99. The maximum atomic E-state index is 12.2. The van der Waals surface area contributed by atoms with E-state index in [2.05, 4.69) is 4.74 Å². The number of likely N-dealkylation sites (tertiary alicyclic amines) is 1. The number of β-amino-alcohol motifs (C(OH)–C–C–N with tert-alkyl or cyclic N) is 1. The lowest BCUT2D eigenvalue weighted by atomic mass is 9.87. The Kier molecular flexibility index (Phi) is 4.98. The first kappa shape index (κ1) is 15.2. The molecule has 0 radical (unpaired) electrons. The number of carbonyl (C=O) groups is 1. The number of carbonyl (C=O) groups excluding carboxylic acids is 1. The molecule has 0 aliphatic carbocycles. The van der Waals surface area contributed by atoms with Gasteiger partial charge in [-0.25, -0.2) is 0 Å². The van der Waals surface area contributed by atoms with Crippen LogP contribution < -0.4 is 0 Å². The van der Waals surface area contributed by atoms with Crippen molar-refractivity contribution in [1.82, 2.24) is 4.90 Å². The lowest BCUT2D eigenvalue weighted by Gasteiger charge is -2.36. The van der Waals surface area contributed by atoms with Crippen LogP contribution in [0.25, 0.3) is 0 Å². The Hall–Kier alpha value is -0.820. The number of piperidine rings is 1. The largest absolute Gasteiger partial charge is 0.469 e. The van der Waals surface area contributed by atoms with E-state index in [4.69, 9.17) is 5.11 Å². The number of esters is 1. The highest BCUT2D eigenvalue weighted by atomic mass is 19.4. The van der Waals surface area contributed by atoms with E-state index in [1.165, 1.54) is 12.0 Å². The maximum Gasteiger partial charge on any atom is 0.415 e. The fourth-order valence-corrected chi connectivity index (χ4v) is 2.25. The van der Waals surface area contributed by atoms with Crippen molar-refractivity contribution in [3.8, 4) is 0 Å². The summed E-state index contributed by atoms with van der Waals surface area (Å²) in [4.78, 5) is 12.9. The zero-order chi connectivity index (χ0) is 13.9. The monoisotopic (exact) mass is 269 g/mol. The first-order chi connectivity index (χ1) is 8.25. The normalized spacial score (nSPS) is 27.9. The lowest BCUT2D eigenvalue weighted by Crippen LogP contribution is -2.48. The average Bonchev–Trinajstić information content (AvgIpc) is 2.27. The number of methoxy groups -OCH3 is 1. The van der Waals surface area contributed by atoms with Crippen LogP contribution in [-0.2, 0) is 9.53 Å². The quantitative estimate of drug-likeness (QED) is 0.778. The van der Waals surface area contributed by atoms with Gasteiger partial charge < -0.3 is 14.7 Å². The molecule has 1 rings (SSSR count). The van der Waals surface area contributed by atoms with Gasteiger partial charge in [-0.15, -0.1) is 0 Å². The number of aliphatic hydroxyl groups is 1. The molecular weight excluding hydrogens is 251 g/mol. The summed E-state index contributed by atoms with van der Waals surface area (Å²) in [6, 6.07) is 0. The molecule has 3 atom stereocenters. The van der Waals surface area contributed by atoms with Crippen molar-refractivity contribution in [2.75, 3.05) is 26.7 Å². The fourth-order valence-electron chi connectivity index (χ4n) is 2.25. The third kappa shape index (κ3) is 3.84. The maximum absolute atomic E-state index is 12.2. The van der Waals surface area contributed by atoms with Gasteiger partial charge in [0.05, 0.1) is 13.0 Å². The number of rotatable bonds is 3. The van der Waals surface area contributed by atoms with Gasteiger partial charge in [-0.1, -0.05) is 6.92 Å². The Bertz CT molecular complexity index is 296. The van der Waals surface area contributed by atoms with Gasteiger partial charge in [-0.05, 0) is 18.9 Å². The minimum Gasteiger partial charge on any atom is -0.469 e. The summed E-state index contributed by atoms with van der Waals surface area (Å²) in [6.07, 6.45) is -6.47. The highest BCUT2D eigenvalue weighted by molar-refractivity contribution is 5.72. The van der Waals surface area contributed by atoms with E-state index in [0.717, 1.165) is 0 Å². The molecule has 0 unspecified atom stereocenters. The molecule has 0 bridgehead atoms. The molecule has 0 saturated carbocycles. The van der Waals surface area contributed by atoms with E-state index in [0.29, 0.717) is 19.5 Å². The van der Waals surface area contributed by atoms with Crippen molar-refractivity contribution in [2.24, 2.45) is 11.8 Å². The first-order valence-electron chi connectivity index (χ1n) is 5.80. The molecule has 1 aliphatic rings. The number of nitrogens with zero attached hydrogens (tertiary/aromatic N) is 1. The molecule has 0 aromatic carbocycles. The Balaban J connectivity index is 2.49. The molecule has 1 N–H and O–H groups in total. The standard InChI is InChI=1S/C11H18F3NO3/c1-7-5-15(6-9(16)11(12,13)14)4-3-8(7)10(17)18-2/h7-9,16H,3-6H2,1-2H3/t7-,8+,9+/m0/s1. The minimum absolute atomic E-state index is 0.0772. The Morgan fingerprint density at radius 1 is 1.56 bits per heavy atom. The molecule has 7 heteroatoms. The highest BCUT2D eigenvalue weighted by Crippen LogP contribution is 2.26. The predicted octanol–water partition coefficient (Wildman–Crippen LogP) is 1.04. The van der Waals surface area contributed by atoms with Gasteiger partial charge in [0.15, 0.2) is 6.10 Å². The molecule has 1 heterocycles. The fraction of sp³-hybridized carbons (Fsp3) is 0.909. The van der Waals surface area contributed by atoms with Crippen LogP contribution in [0.5, 0.6) is 0 Å². The molecule has 106 valence electrons. The number of hydrogen-bond acceptors (Lipinski definition) is 4. The van der Waals surface area contributed by atoms with Crippen molar-refractivity contribution in [3.63, 3.8) is 0 Å². The van der Waals surface area contributed by atoms with E-state index in [9.17, 15) is 18.0 Å². The second-order valence-electron chi connectivity index (χ2n) is 4.71. The molecule has 18 heavy (non-hydrogen) atoms. The number of alkyl halides is 3. The molecule has 4 nitrogen and oxygen atoms in total. The van der Waals surface area contributed by atoms with Crippen molar-refractivity contribution in [1.29, 1.82) is 0 Å². The SMILES string of the molecule is COC(=O)[C@@H]1CCN(C[C@@H](O)C(F)(F)F)C[C@@H]1C. The molecular formula is C11H18F3NO3. The molecule has 0 aromatic rings. The van der Waals surface area contributed by atoms with Gasteiger partial charge >= 0.3 is 12.1 Å². The number of aliphatic hydroxyl groups excluding tert-OH is 1. The third-order valence-corrected chi connectivity index (χ3v) is 3.30. The number of ether oxygens (including phenoxy) is 1. The van der Waals surface area contributed by atoms with E-state index in [1.54, 1.807) is 6.92 Å². The third-order valence-electron chi connectivity index (χ3n) is 3.30. The van der Waals surface area contributed by atoms with Gasteiger partial charge in [0, 0.05) is 13.1 Å². The molecule has 0 aromatic heterocycles. The Morgan fingerprint density at radius 2 is 2.17 bits per heavy atom. The molecule has 0 spiro atoms. The van der Waals surface area contributed by atoms with Crippen LogP contribution in [0.15, 0.2) is 0 Å². The Labute approximate surface area is 104 Å². The van der Waals surface area contributed by atoms with E-state index < -0.39 is 18.8 Å². The van der Waals surface area contributed by atoms with Crippen molar-refractivity contribution in [2.45, 2.75) is 25.6 Å². The average molecular weight is 269 g/mol. The van der Waals surface area contributed by atoms with Crippen LogP contribution in [0, 0.1) is 11.8 Å². The van der Waals surface area contributed by atoms with Gasteiger partial charge in [0.25, 0.3) is 0 Å². The zero-order valence-corrected chi connectivity index (χ0v) is 10.4. The van der Waals surface area contributed by atoms with Crippen LogP contribution in [-0.4, -0.2) is 55.0 Å². The molecule has 0 amide bonds. The van der Waals surface area contributed by atoms with Gasteiger partial charge in [-0.2, -0.15) is 13.2 Å². The van der Waals surface area contributed by atoms with Crippen molar-refractivity contribution < 1.29 is 27.8 Å². The van der Waals surface area contributed by atoms with Gasteiger partial charge in [0.2, 0.25) is 0 Å². The summed E-state index contributed by atoms with van der Waals surface area (Å²) in [7, 11) is 1.30. The number of hydrogen-bond donors (Lipinski definition) is 1. The minimum atomic E-state index is -4.59. The first-order valence-corrected chi connectivity index (χ1v) is 5.80. The second kappa shape index (κ2) is 5.88. The van der Waals surface area contributed by atoms with E-state index >= 15 is 0 Å². The van der Waals surface area contributed by atoms with Crippen LogP contribution >= 0.6 is 0 Å². The summed E-state index contributed by atoms with van der Waals surface area (Å²) in [5.41, 5.74) is 0. The highest BCUT2D eigenvalue weighted by Gasteiger charge is 2.41. The summed E-state index contributed by atoms with van der Waals surface area (Å²) in [6.45, 7) is 2.07.